The minimum atomic E-state index is -0.739. The summed E-state index contributed by atoms with van der Waals surface area (Å²) in [7, 11) is 0. The Hall–Kier alpha value is -3.25. The predicted molar refractivity (Wildman–Crippen MR) is 121 cm³/mol. The Morgan fingerprint density at radius 1 is 1.44 bits per heavy atom. The Balaban J connectivity index is 1.55. The van der Waals surface area contributed by atoms with Gasteiger partial charge in [0.05, 0.1) is 5.56 Å². The van der Waals surface area contributed by atoms with Crippen LogP contribution in [-0.2, 0) is 24.2 Å². The summed E-state index contributed by atoms with van der Waals surface area (Å²) in [6.07, 6.45) is 5.46. The molecule has 1 unspecified atom stereocenters. The molecular weight excluding hydrogens is 426 g/mol. The second kappa shape index (κ2) is 8.71. The highest BCUT2D eigenvalue weighted by molar-refractivity contribution is 7.16. The van der Waals surface area contributed by atoms with E-state index in [-0.39, 0.29) is 17.8 Å². The van der Waals surface area contributed by atoms with E-state index in [1.54, 1.807) is 24.4 Å². The molecule has 0 fully saturated rings. The lowest BCUT2D eigenvalue weighted by Gasteiger charge is -2.36. The summed E-state index contributed by atoms with van der Waals surface area (Å²) in [4.78, 5) is 30.3. The number of aromatic nitrogens is 3. The summed E-state index contributed by atoms with van der Waals surface area (Å²) in [5.74, 6) is -0.434. The molecule has 0 spiro atoms. The molecule has 1 aliphatic rings. The SMILES string of the molecule is CCC(C)(C)C1CCc2c(sc(NC(=O)Cn3c(-c4ccccn4)noc3=O)c2C#N)C1. The zero-order chi connectivity index (χ0) is 22.9. The van der Waals surface area contributed by atoms with E-state index in [1.165, 1.54) is 16.2 Å². The van der Waals surface area contributed by atoms with Crippen molar-refractivity contribution >= 4 is 22.2 Å². The molecule has 0 saturated carbocycles. The van der Waals surface area contributed by atoms with Gasteiger partial charge in [0.2, 0.25) is 11.7 Å². The van der Waals surface area contributed by atoms with Gasteiger partial charge in [-0.2, -0.15) is 5.26 Å². The Bertz CT molecular complexity index is 1230. The van der Waals surface area contributed by atoms with Crippen molar-refractivity contribution < 1.29 is 9.32 Å². The van der Waals surface area contributed by atoms with Gasteiger partial charge in [-0.1, -0.05) is 38.4 Å². The first kappa shape index (κ1) is 22.0. The van der Waals surface area contributed by atoms with Gasteiger partial charge in [-0.05, 0) is 48.3 Å². The lowest BCUT2D eigenvalue weighted by Crippen LogP contribution is -2.28. The highest BCUT2D eigenvalue weighted by atomic mass is 32.1. The number of amides is 1. The van der Waals surface area contributed by atoms with Crippen LogP contribution in [0.1, 0.15) is 49.6 Å². The summed E-state index contributed by atoms with van der Waals surface area (Å²) < 4.78 is 5.89. The Morgan fingerprint density at radius 3 is 2.94 bits per heavy atom. The summed E-state index contributed by atoms with van der Waals surface area (Å²) in [5, 5.41) is 16.9. The van der Waals surface area contributed by atoms with Crippen LogP contribution in [0.5, 0.6) is 0 Å². The highest BCUT2D eigenvalue weighted by Crippen LogP contribution is 2.45. The molecule has 1 atom stereocenters. The van der Waals surface area contributed by atoms with Crippen LogP contribution in [0, 0.1) is 22.7 Å². The second-order valence-corrected chi connectivity index (χ2v) is 9.83. The standard InChI is InChI=1S/C23H25N5O3S/c1-4-23(2,3)14-8-9-15-16(12-24)21(32-18(15)11-14)26-19(29)13-28-20(27-31-22(28)30)17-7-5-6-10-25-17/h5-7,10,14H,4,8-9,11,13H2,1-3H3,(H,26,29). The summed E-state index contributed by atoms with van der Waals surface area (Å²) in [6.45, 7) is 6.51. The third-order valence-electron chi connectivity index (χ3n) is 6.53. The number of rotatable bonds is 6. The number of fused-ring (bicyclic) bond motifs is 1. The van der Waals surface area contributed by atoms with Gasteiger partial charge in [0, 0.05) is 11.1 Å². The van der Waals surface area contributed by atoms with Gasteiger partial charge in [-0.3, -0.25) is 14.3 Å². The first-order valence-corrected chi connectivity index (χ1v) is 11.5. The maximum absolute atomic E-state index is 12.8. The molecule has 0 aromatic carbocycles. The molecule has 1 aliphatic carbocycles. The van der Waals surface area contributed by atoms with Crippen molar-refractivity contribution in [3.8, 4) is 17.6 Å². The monoisotopic (exact) mass is 451 g/mol. The molecule has 0 bridgehead atoms. The van der Waals surface area contributed by atoms with Gasteiger partial charge in [-0.15, -0.1) is 11.3 Å². The van der Waals surface area contributed by atoms with Crippen molar-refractivity contribution in [1.29, 1.82) is 5.26 Å². The normalized spacial score (nSPS) is 15.8. The number of carbonyl (C=O) groups excluding carboxylic acids is 1. The smallest absolute Gasteiger partial charge is 0.315 e. The number of nitrogens with one attached hydrogen (secondary N) is 1. The first-order valence-electron chi connectivity index (χ1n) is 10.7. The summed E-state index contributed by atoms with van der Waals surface area (Å²) in [5.41, 5.74) is 2.25. The molecular formula is C23H25N5O3S. The number of pyridine rings is 1. The van der Waals surface area contributed by atoms with E-state index in [2.05, 4.69) is 42.3 Å². The number of hydrogen-bond acceptors (Lipinski definition) is 7. The topological polar surface area (TPSA) is 114 Å². The third-order valence-corrected chi connectivity index (χ3v) is 7.70. The van der Waals surface area contributed by atoms with Gasteiger partial charge in [0.25, 0.3) is 0 Å². The molecule has 0 saturated heterocycles. The van der Waals surface area contributed by atoms with Crippen LogP contribution in [0.15, 0.2) is 33.7 Å². The molecule has 1 amide bonds. The second-order valence-electron chi connectivity index (χ2n) is 8.72. The van der Waals surface area contributed by atoms with E-state index < -0.39 is 11.7 Å². The minimum absolute atomic E-state index is 0.182. The van der Waals surface area contributed by atoms with Crippen LogP contribution in [-0.4, -0.2) is 20.6 Å². The van der Waals surface area contributed by atoms with Gasteiger partial charge >= 0.3 is 5.76 Å². The van der Waals surface area contributed by atoms with Crippen LogP contribution in [0.4, 0.5) is 5.00 Å². The van der Waals surface area contributed by atoms with Crippen molar-refractivity contribution in [3.05, 3.63) is 51.0 Å². The predicted octanol–water partition coefficient (Wildman–Crippen LogP) is 4.01. The van der Waals surface area contributed by atoms with Gasteiger partial charge < -0.3 is 5.32 Å². The molecule has 3 aromatic heterocycles. The molecule has 9 heteroatoms. The fourth-order valence-corrected chi connectivity index (χ4v) is 5.44. The molecule has 0 radical (unpaired) electrons. The first-order chi connectivity index (χ1) is 15.3. The van der Waals surface area contributed by atoms with E-state index in [9.17, 15) is 14.9 Å². The van der Waals surface area contributed by atoms with Crippen LogP contribution in [0.25, 0.3) is 11.5 Å². The number of hydrogen-bond donors (Lipinski definition) is 1. The number of anilines is 1. The largest absolute Gasteiger partial charge is 0.442 e. The van der Waals surface area contributed by atoms with Gasteiger partial charge in [0.1, 0.15) is 23.3 Å². The van der Waals surface area contributed by atoms with Crippen molar-refractivity contribution in [2.45, 2.75) is 53.0 Å². The Morgan fingerprint density at radius 2 is 2.25 bits per heavy atom. The molecule has 4 rings (SSSR count). The van der Waals surface area contributed by atoms with E-state index >= 15 is 0 Å². The summed E-state index contributed by atoms with van der Waals surface area (Å²) >= 11 is 1.47. The number of thiophene rings is 1. The van der Waals surface area contributed by atoms with Crippen LogP contribution in [0.2, 0.25) is 0 Å². The molecule has 8 nitrogen and oxygen atoms in total. The van der Waals surface area contributed by atoms with Crippen molar-refractivity contribution in [2.24, 2.45) is 11.3 Å². The minimum Gasteiger partial charge on any atom is -0.315 e. The van der Waals surface area contributed by atoms with Crippen LogP contribution < -0.4 is 11.1 Å². The van der Waals surface area contributed by atoms with Gasteiger partial charge in [-0.25, -0.2) is 9.36 Å². The zero-order valence-corrected chi connectivity index (χ0v) is 19.2. The highest BCUT2D eigenvalue weighted by Gasteiger charge is 2.34. The molecule has 3 aromatic rings. The fourth-order valence-electron chi connectivity index (χ4n) is 4.14. The third kappa shape index (κ3) is 4.10. The van der Waals surface area contributed by atoms with E-state index in [4.69, 9.17) is 4.52 Å². The zero-order valence-electron chi connectivity index (χ0n) is 18.3. The molecule has 32 heavy (non-hydrogen) atoms. The Labute approximate surface area is 189 Å². The lowest BCUT2D eigenvalue weighted by molar-refractivity contribution is -0.116. The number of nitrogens with zero attached hydrogens (tertiary/aromatic N) is 4. The maximum atomic E-state index is 12.8. The van der Waals surface area contributed by atoms with Crippen molar-refractivity contribution in [1.82, 2.24) is 14.7 Å². The van der Waals surface area contributed by atoms with E-state index in [1.807, 2.05) is 0 Å². The average Bonchev–Trinajstić information content (AvgIpc) is 3.33. The van der Waals surface area contributed by atoms with E-state index in [0.29, 0.717) is 22.2 Å². The quantitative estimate of drug-likeness (QED) is 0.606. The number of carbonyl (C=O) groups is 1. The maximum Gasteiger partial charge on any atom is 0.442 e. The molecule has 3 heterocycles. The van der Waals surface area contributed by atoms with Crippen molar-refractivity contribution in [3.63, 3.8) is 0 Å². The summed E-state index contributed by atoms with van der Waals surface area (Å²) in [6, 6.07) is 7.45. The Kier molecular flexibility index (Phi) is 5.98. The van der Waals surface area contributed by atoms with E-state index in [0.717, 1.165) is 35.8 Å². The number of nitriles is 1. The van der Waals surface area contributed by atoms with Crippen molar-refractivity contribution in [2.75, 3.05) is 5.32 Å². The fraction of sp³-hybridized carbons (Fsp3) is 0.435. The van der Waals surface area contributed by atoms with Gasteiger partial charge in [0.15, 0.2) is 0 Å². The average molecular weight is 452 g/mol. The molecule has 1 N–H and O–H groups in total. The van der Waals surface area contributed by atoms with Crippen LogP contribution >= 0.6 is 11.3 Å². The van der Waals surface area contributed by atoms with Crippen LogP contribution in [0.3, 0.4) is 0 Å². The lowest BCUT2D eigenvalue weighted by atomic mass is 9.69. The molecule has 0 aliphatic heterocycles. The molecule has 166 valence electrons.